The number of likely N-dealkylation sites (N-methyl/N-ethyl adjacent to an activating group) is 1. The lowest BCUT2D eigenvalue weighted by Crippen LogP contribution is -2.30. The average molecular weight is 379 g/mol. The molecule has 1 unspecified atom stereocenters. The van der Waals surface area contributed by atoms with Crippen LogP contribution in [0.15, 0.2) is 36.7 Å². The lowest BCUT2D eigenvalue weighted by Gasteiger charge is -2.15. The molecule has 1 amide bonds. The minimum Gasteiger partial charge on any atom is -0.324 e. The van der Waals surface area contributed by atoms with Crippen molar-refractivity contribution in [2.45, 2.75) is 38.3 Å². The summed E-state index contributed by atoms with van der Waals surface area (Å²) in [4.78, 5) is 12.8. The summed E-state index contributed by atoms with van der Waals surface area (Å²) in [5.41, 5.74) is 2.51. The van der Waals surface area contributed by atoms with E-state index in [9.17, 15) is 4.79 Å². The number of nitrogens with zero attached hydrogens (tertiary/aromatic N) is 5. The van der Waals surface area contributed by atoms with Crippen LogP contribution >= 0.6 is 0 Å². The first-order chi connectivity index (χ1) is 13.7. The van der Waals surface area contributed by atoms with Gasteiger partial charge in [-0.3, -0.25) is 9.48 Å². The molecule has 0 aliphatic carbocycles. The molecule has 0 saturated carbocycles. The van der Waals surface area contributed by atoms with Gasteiger partial charge >= 0.3 is 0 Å². The van der Waals surface area contributed by atoms with Gasteiger partial charge in [0.25, 0.3) is 0 Å². The molecule has 1 aliphatic heterocycles. The number of nitrogens with one attached hydrogen (secondary N) is 2. The van der Waals surface area contributed by atoms with E-state index in [0.29, 0.717) is 0 Å². The van der Waals surface area contributed by atoms with Gasteiger partial charge in [-0.25, -0.2) is 0 Å². The van der Waals surface area contributed by atoms with Gasteiger partial charge in [-0.05, 0) is 32.0 Å². The van der Waals surface area contributed by atoms with Crippen molar-refractivity contribution < 1.29 is 4.79 Å². The van der Waals surface area contributed by atoms with Crippen molar-refractivity contribution >= 4 is 11.6 Å². The van der Waals surface area contributed by atoms with Crippen molar-refractivity contribution in [1.29, 1.82) is 0 Å². The third-order valence-electron chi connectivity index (χ3n) is 5.11. The van der Waals surface area contributed by atoms with Crippen LogP contribution in [0.4, 0.5) is 5.69 Å². The number of aromatic nitrogens is 5. The van der Waals surface area contributed by atoms with Crippen LogP contribution in [0, 0.1) is 0 Å². The summed E-state index contributed by atoms with van der Waals surface area (Å²) in [7, 11) is 3.60. The molecule has 146 valence electrons. The number of fused-ring (bicyclic) bond motifs is 1. The summed E-state index contributed by atoms with van der Waals surface area (Å²) in [6.45, 7) is 0.942. The van der Waals surface area contributed by atoms with Crippen LogP contribution in [-0.2, 0) is 24.8 Å². The third kappa shape index (κ3) is 3.68. The second kappa shape index (κ2) is 7.93. The Morgan fingerprint density at radius 3 is 2.89 bits per heavy atom. The molecule has 0 saturated heterocycles. The second-order valence-electron chi connectivity index (χ2n) is 7.14. The molecule has 1 atom stereocenters. The quantitative estimate of drug-likeness (QED) is 0.710. The highest BCUT2D eigenvalue weighted by atomic mass is 16.2. The Morgan fingerprint density at radius 1 is 1.21 bits per heavy atom. The summed E-state index contributed by atoms with van der Waals surface area (Å²) >= 11 is 0. The zero-order chi connectivity index (χ0) is 19.5. The molecule has 8 heteroatoms. The van der Waals surface area contributed by atoms with E-state index >= 15 is 0 Å². The predicted octanol–water partition coefficient (Wildman–Crippen LogP) is 2.30. The molecule has 0 fully saturated rings. The van der Waals surface area contributed by atoms with E-state index in [0.717, 1.165) is 54.3 Å². The molecule has 4 rings (SSSR count). The van der Waals surface area contributed by atoms with Crippen molar-refractivity contribution in [2.24, 2.45) is 7.05 Å². The normalized spacial score (nSPS) is 14.9. The van der Waals surface area contributed by atoms with Gasteiger partial charge < -0.3 is 15.2 Å². The standard InChI is InChI=1S/C20H25N7O/c1-21-18(15-12-22-26(2)13-15)20(28)23-16-8-6-7-14(11-16)19-25-24-17-9-4-3-5-10-27(17)19/h6-8,11-13,18,21H,3-5,9-10H2,1-2H3,(H,23,28). The van der Waals surface area contributed by atoms with Gasteiger partial charge in [0.15, 0.2) is 5.82 Å². The van der Waals surface area contributed by atoms with Gasteiger partial charge in [0.1, 0.15) is 11.9 Å². The van der Waals surface area contributed by atoms with E-state index in [1.807, 2.05) is 37.5 Å². The molecule has 8 nitrogen and oxygen atoms in total. The Labute approximate surface area is 164 Å². The van der Waals surface area contributed by atoms with Crippen LogP contribution in [0.25, 0.3) is 11.4 Å². The van der Waals surface area contributed by atoms with Crippen molar-refractivity contribution in [3.63, 3.8) is 0 Å². The fraction of sp³-hybridized carbons (Fsp3) is 0.400. The molecular weight excluding hydrogens is 354 g/mol. The zero-order valence-electron chi connectivity index (χ0n) is 16.2. The lowest BCUT2D eigenvalue weighted by atomic mass is 10.1. The summed E-state index contributed by atoms with van der Waals surface area (Å²) < 4.78 is 3.89. The largest absolute Gasteiger partial charge is 0.324 e. The number of amides is 1. The van der Waals surface area contributed by atoms with Crippen LogP contribution < -0.4 is 10.6 Å². The first-order valence-corrected chi connectivity index (χ1v) is 9.65. The Hall–Kier alpha value is -3.00. The molecule has 3 heterocycles. The average Bonchev–Trinajstić information content (AvgIpc) is 3.22. The zero-order valence-corrected chi connectivity index (χ0v) is 16.2. The first-order valence-electron chi connectivity index (χ1n) is 9.65. The fourth-order valence-electron chi connectivity index (χ4n) is 3.69. The van der Waals surface area contributed by atoms with E-state index < -0.39 is 6.04 Å². The Balaban J connectivity index is 1.56. The number of aryl methyl sites for hydroxylation is 2. The van der Waals surface area contributed by atoms with E-state index in [1.54, 1.807) is 17.9 Å². The molecule has 2 aromatic heterocycles. The molecule has 0 bridgehead atoms. The number of rotatable bonds is 5. The Bertz CT molecular complexity index is 975. The van der Waals surface area contributed by atoms with E-state index in [4.69, 9.17) is 0 Å². The minimum atomic E-state index is -0.471. The molecule has 0 spiro atoms. The van der Waals surface area contributed by atoms with E-state index in [-0.39, 0.29) is 5.91 Å². The molecule has 28 heavy (non-hydrogen) atoms. The van der Waals surface area contributed by atoms with Gasteiger partial charge in [-0.2, -0.15) is 5.10 Å². The van der Waals surface area contributed by atoms with Gasteiger partial charge in [0.2, 0.25) is 5.91 Å². The maximum atomic E-state index is 12.8. The number of carbonyl (C=O) groups excluding carboxylic acids is 1. The van der Waals surface area contributed by atoms with Crippen LogP contribution in [0.3, 0.4) is 0 Å². The fourth-order valence-corrected chi connectivity index (χ4v) is 3.69. The van der Waals surface area contributed by atoms with Crippen LogP contribution in [0.2, 0.25) is 0 Å². The van der Waals surface area contributed by atoms with Gasteiger partial charge in [0, 0.05) is 43.0 Å². The number of carbonyl (C=O) groups is 1. The van der Waals surface area contributed by atoms with E-state index in [1.165, 1.54) is 6.42 Å². The van der Waals surface area contributed by atoms with Crippen molar-refractivity contribution in [3.8, 4) is 11.4 Å². The maximum Gasteiger partial charge on any atom is 0.246 e. The van der Waals surface area contributed by atoms with Crippen LogP contribution in [0.5, 0.6) is 0 Å². The van der Waals surface area contributed by atoms with Crippen LogP contribution in [0.1, 0.15) is 36.7 Å². The maximum absolute atomic E-state index is 12.8. The SMILES string of the molecule is CNC(C(=O)Nc1cccc(-c2nnc3n2CCCCC3)c1)c1cnn(C)c1. The monoisotopic (exact) mass is 379 g/mol. The highest BCUT2D eigenvalue weighted by Gasteiger charge is 2.21. The highest BCUT2D eigenvalue weighted by molar-refractivity contribution is 5.95. The summed E-state index contributed by atoms with van der Waals surface area (Å²) in [5, 5.41) is 19.0. The predicted molar refractivity (Wildman–Crippen MR) is 107 cm³/mol. The summed E-state index contributed by atoms with van der Waals surface area (Å²) in [5.74, 6) is 1.78. The van der Waals surface area contributed by atoms with Crippen molar-refractivity contribution in [2.75, 3.05) is 12.4 Å². The van der Waals surface area contributed by atoms with Gasteiger partial charge in [0.05, 0.1) is 6.20 Å². The molecule has 1 aliphatic rings. The molecule has 1 aromatic carbocycles. The molecule has 3 aromatic rings. The van der Waals surface area contributed by atoms with Crippen molar-refractivity contribution in [1.82, 2.24) is 29.9 Å². The number of anilines is 1. The third-order valence-corrected chi connectivity index (χ3v) is 5.11. The molecular formula is C20H25N7O. The molecule has 2 N–H and O–H groups in total. The smallest absolute Gasteiger partial charge is 0.246 e. The molecule has 0 radical (unpaired) electrons. The van der Waals surface area contributed by atoms with Gasteiger partial charge in [-0.15, -0.1) is 10.2 Å². The summed E-state index contributed by atoms with van der Waals surface area (Å²) in [6.07, 6.45) is 8.03. The van der Waals surface area contributed by atoms with Crippen LogP contribution in [-0.4, -0.2) is 37.5 Å². The van der Waals surface area contributed by atoms with Gasteiger partial charge in [-0.1, -0.05) is 18.6 Å². The number of benzene rings is 1. The minimum absolute atomic E-state index is 0.132. The second-order valence-corrected chi connectivity index (χ2v) is 7.14. The van der Waals surface area contributed by atoms with E-state index in [2.05, 4.69) is 30.5 Å². The summed E-state index contributed by atoms with van der Waals surface area (Å²) in [6, 6.07) is 7.31. The lowest BCUT2D eigenvalue weighted by molar-refractivity contribution is -0.118. The highest BCUT2D eigenvalue weighted by Crippen LogP contribution is 2.25. The number of hydrogen-bond acceptors (Lipinski definition) is 5. The Morgan fingerprint density at radius 2 is 2.11 bits per heavy atom. The Kier molecular flexibility index (Phi) is 5.21. The topological polar surface area (TPSA) is 89.7 Å². The number of hydrogen-bond donors (Lipinski definition) is 2. The first kappa shape index (κ1) is 18.4. The van der Waals surface area contributed by atoms with Crippen molar-refractivity contribution in [3.05, 3.63) is 48.0 Å².